The summed E-state index contributed by atoms with van der Waals surface area (Å²) < 4.78 is 6.64. The van der Waals surface area contributed by atoms with Gasteiger partial charge in [0.25, 0.3) is 0 Å². The van der Waals surface area contributed by atoms with E-state index in [-0.39, 0.29) is 5.91 Å². The average Bonchev–Trinajstić information content (AvgIpc) is 3.22. The highest BCUT2D eigenvalue weighted by atomic mass is 16.5. The van der Waals surface area contributed by atoms with Gasteiger partial charge in [0.05, 0.1) is 0 Å². The number of rotatable bonds is 6. The fourth-order valence-electron chi connectivity index (χ4n) is 7.95. The van der Waals surface area contributed by atoms with E-state index in [0.29, 0.717) is 11.8 Å². The van der Waals surface area contributed by atoms with Crippen LogP contribution in [0.1, 0.15) is 79.7 Å². The summed E-state index contributed by atoms with van der Waals surface area (Å²) in [6.45, 7) is 2.25. The van der Waals surface area contributed by atoms with Gasteiger partial charge in [-0.05, 0) is 96.9 Å². The summed E-state index contributed by atoms with van der Waals surface area (Å²) in [6.07, 6.45) is 11.7. The molecule has 4 fully saturated rings. The monoisotopic (exact) mass is 443 g/mol. The second-order valence-electron chi connectivity index (χ2n) is 11.6. The summed E-state index contributed by atoms with van der Waals surface area (Å²) in [5.74, 6) is 5.17. The number of hydrogen-bond acceptors (Lipinski definition) is 2. The minimum absolute atomic E-state index is 0.181. The molecule has 4 bridgehead atoms. The van der Waals surface area contributed by atoms with Gasteiger partial charge in [-0.15, -0.1) is 0 Å². The zero-order valence-electron chi connectivity index (χ0n) is 20.5. The Kier molecular flexibility index (Phi) is 5.08. The van der Waals surface area contributed by atoms with Crippen molar-refractivity contribution in [2.24, 2.45) is 17.8 Å². The predicted molar refractivity (Wildman–Crippen MR) is 132 cm³/mol. The maximum atomic E-state index is 12.1. The third kappa shape index (κ3) is 3.50. The topological polar surface area (TPSA) is 29.5 Å². The normalized spacial score (nSPS) is 28.4. The molecule has 2 aromatic carbocycles. The van der Waals surface area contributed by atoms with Crippen molar-refractivity contribution in [2.75, 3.05) is 14.1 Å². The molecule has 1 aliphatic heterocycles. The van der Waals surface area contributed by atoms with E-state index in [1.54, 1.807) is 10.5 Å². The van der Waals surface area contributed by atoms with Gasteiger partial charge in [-0.3, -0.25) is 4.79 Å². The van der Waals surface area contributed by atoms with Crippen molar-refractivity contribution in [3.63, 3.8) is 0 Å². The van der Waals surface area contributed by atoms with Crippen LogP contribution in [0.4, 0.5) is 0 Å². The molecule has 33 heavy (non-hydrogen) atoms. The third-order valence-corrected chi connectivity index (χ3v) is 9.21. The smallest absolute Gasteiger partial charge is 0.222 e. The van der Waals surface area contributed by atoms with E-state index in [9.17, 15) is 4.79 Å². The molecule has 0 N–H and O–H groups in total. The first-order valence-electron chi connectivity index (χ1n) is 13.1. The van der Waals surface area contributed by atoms with E-state index in [1.165, 1.54) is 54.4 Å². The predicted octanol–water partition coefficient (Wildman–Crippen LogP) is 6.43. The second kappa shape index (κ2) is 7.89. The Hall–Kier alpha value is -2.29. The summed E-state index contributed by atoms with van der Waals surface area (Å²) in [4.78, 5) is 13.8. The molecule has 2 atom stereocenters. The van der Waals surface area contributed by atoms with E-state index in [1.807, 2.05) is 14.1 Å². The standard InChI is InChI=1S/C30H37NO2/c1-4-6-21-11-19(9-10-29(32)31(2)3)14-28-24(21)15-25-26(7-5-8-27(25)33-28)30-16-20-12-22(17-30)23(13-20)18-30/h5,7-8,11,14,20,22-23H,4,6,9-10,12-13,15-18H2,1-3H3. The van der Waals surface area contributed by atoms with Gasteiger partial charge < -0.3 is 9.64 Å². The lowest BCUT2D eigenvalue weighted by Crippen LogP contribution is -2.33. The Morgan fingerprint density at radius 2 is 1.82 bits per heavy atom. The van der Waals surface area contributed by atoms with Crippen molar-refractivity contribution in [3.8, 4) is 11.5 Å². The van der Waals surface area contributed by atoms with Gasteiger partial charge >= 0.3 is 0 Å². The zero-order valence-corrected chi connectivity index (χ0v) is 20.5. The van der Waals surface area contributed by atoms with Crippen molar-refractivity contribution in [1.82, 2.24) is 4.90 Å². The van der Waals surface area contributed by atoms with Gasteiger partial charge in [0.2, 0.25) is 5.91 Å². The second-order valence-corrected chi connectivity index (χ2v) is 11.6. The van der Waals surface area contributed by atoms with E-state index in [4.69, 9.17) is 4.74 Å². The lowest BCUT2D eigenvalue weighted by molar-refractivity contribution is -0.128. The van der Waals surface area contributed by atoms with Crippen molar-refractivity contribution in [3.05, 3.63) is 58.1 Å². The van der Waals surface area contributed by atoms with E-state index in [2.05, 4.69) is 37.3 Å². The number of ether oxygens (including phenoxy) is 1. The maximum absolute atomic E-state index is 12.1. The quantitative estimate of drug-likeness (QED) is 0.439. The highest BCUT2D eigenvalue weighted by Crippen LogP contribution is 2.65. The number of benzene rings is 2. The van der Waals surface area contributed by atoms with Crippen molar-refractivity contribution < 1.29 is 9.53 Å². The highest BCUT2D eigenvalue weighted by molar-refractivity contribution is 5.75. The first-order valence-corrected chi connectivity index (χ1v) is 13.1. The van der Waals surface area contributed by atoms with Crippen molar-refractivity contribution in [2.45, 2.75) is 76.5 Å². The summed E-state index contributed by atoms with van der Waals surface area (Å²) in [6, 6.07) is 11.4. The van der Waals surface area contributed by atoms with Crippen molar-refractivity contribution >= 4 is 5.91 Å². The van der Waals surface area contributed by atoms with Gasteiger partial charge in [-0.1, -0.05) is 31.5 Å². The van der Waals surface area contributed by atoms with Crippen LogP contribution in [0.25, 0.3) is 0 Å². The first kappa shape index (κ1) is 21.3. The Bertz CT molecular complexity index is 1080. The molecule has 0 aromatic heterocycles. The average molecular weight is 444 g/mol. The third-order valence-electron chi connectivity index (χ3n) is 9.21. The zero-order chi connectivity index (χ0) is 22.7. The number of carbonyl (C=O) groups excluding carboxylic acids is 1. The summed E-state index contributed by atoms with van der Waals surface area (Å²) in [5, 5.41) is 0. The number of amides is 1. The summed E-state index contributed by atoms with van der Waals surface area (Å²) in [5.41, 5.74) is 7.48. The SMILES string of the molecule is CCCc1cc(CCC(=O)N(C)C)cc2c1Cc1c(cccc1C13CC4CC(C1)C(C4)C3)O2. The minimum atomic E-state index is 0.181. The largest absolute Gasteiger partial charge is 0.457 e. The number of aryl methyl sites for hydroxylation is 2. The fraction of sp³-hybridized carbons (Fsp3) is 0.567. The molecule has 3 heteroatoms. The molecule has 2 aromatic rings. The highest BCUT2D eigenvalue weighted by Gasteiger charge is 2.57. The van der Waals surface area contributed by atoms with Gasteiger partial charge in [0.15, 0.2) is 0 Å². The van der Waals surface area contributed by atoms with Crippen LogP contribution in [0.2, 0.25) is 0 Å². The van der Waals surface area contributed by atoms with Gasteiger partial charge in [-0.2, -0.15) is 0 Å². The van der Waals surface area contributed by atoms with Crippen LogP contribution in [0.5, 0.6) is 11.5 Å². The molecular weight excluding hydrogens is 406 g/mol. The molecule has 7 rings (SSSR count). The van der Waals surface area contributed by atoms with E-state index in [0.717, 1.165) is 54.9 Å². The minimum Gasteiger partial charge on any atom is -0.457 e. The number of hydrogen-bond donors (Lipinski definition) is 0. The fourth-order valence-corrected chi connectivity index (χ4v) is 7.95. The lowest BCUT2D eigenvalue weighted by Gasteiger charge is -2.41. The molecule has 5 aliphatic rings. The van der Waals surface area contributed by atoms with Gasteiger partial charge in [-0.25, -0.2) is 0 Å². The molecule has 4 saturated carbocycles. The molecule has 4 aliphatic carbocycles. The van der Waals surface area contributed by atoms with Crippen LogP contribution >= 0.6 is 0 Å². The molecule has 1 amide bonds. The Morgan fingerprint density at radius 1 is 1.03 bits per heavy atom. The maximum Gasteiger partial charge on any atom is 0.222 e. The molecule has 2 unspecified atom stereocenters. The van der Waals surface area contributed by atoms with E-state index < -0.39 is 0 Å². The van der Waals surface area contributed by atoms with Gasteiger partial charge in [0.1, 0.15) is 11.5 Å². The summed E-state index contributed by atoms with van der Waals surface area (Å²) >= 11 is 0. The van der Waals surface area contributed by atoms with Crippen LogP contribution in [-0.4, -0.2) is 24.9 Å². The van der Waals surface area contributed by atoms with Crippen LogP contribution in [0.15, 0.2) is 30.3 Å². The van der Waals surface area contributed by atoms with Crippen LogP contribution in [0, 0.1) is 17.8 Å². The summed E-state index contributed by atoms with van der Waals surface area (Å²) in [7, 11) is 3.66. The molecule has 174 valence electrons. The molecule has 0 spiro atoms. The first-order chi connectivity index (χ1) is 16.0. The van der Waals surface area contributed by atoms with E-state index >= 15 is 0 Å². The van der Waals surface area contributed by atoms with Crippen molar-refractivity contribution in [1.29, 1.82) is 0 Å². The molecular formula is C30H37NO2. The Balaban J connectivity index is 1.34. The molecule has 3 nitrogen and oxygen atoms in total. The number of nitrogens with zero attached hydrogens (tertiary/aromatic N) is 1. The molecule has 0 radical (unpaired) electrons. The molecule has 0 saturated heterocycles. The van der Waals surface area contributed by atoms with Crippen LogP contribution in [-0.2, 0) is 29.5 Å². The van der Waals surface area contributed by atoms with Gasteiger partial charge in [0, 0.05) is 38.1 Å². The number of fused-ring (bicyclic) bond motifs is 2. The van der Waals surface area contributed by atoms with Crippen LogP contribution in [0.3, 0.4) is 0 Å². The Labute approximate surface area is 198 Å². The lowest BCUT2D eigenvalue weighted by atomic mass is 9.64. The number of carbonyl (C=O) groups is 1. The van der Waals surface area contributed by atoms with Crippen LogP contribution < -0.4 is 4.74 Å². The Morgan fingerprint density at radius 3 is 2.52 bits per heavy atom. The molecule has 1 heterocycles.